The van der Waals surface area contributed by atoms with Gasteiger partial charge in [0, 0.05) is 6.07 Å². The Bertz CT molecular complexity index is 887. The molecule has 1 aromatic carbocycles. The van der Waals surface area contributed by atoms with Crippen LogP contribution in [0.15, 0.2) is 18.2 Å². The summed E-state index contributed by atoms with van der Waals surface area (Å²) in [6.07, 6.45) is 3.32. The fourth-order valence-corrected chi connectivity index (χ4v) is 5.45. The minimum Gasteiger partial charge on any atom is -0.497 e. The summed E-state index contributed by atoms with van der Waals surface area (Å²) in [5.41, 5.74) is 0.209. The van der Waals surface area contributed by atoms with Gasteiger partial charge < -0.3 is 9.29 Å². The van der Waals surface area contributed by atoms with Crippen molar-refractivity contribution in [2.24, 2.45) is 5.92 Å². The van der Waals surface area contributed by atoms with Gasteiger partial charge in [0.2, 0.25) is 5.95 Å². The van der Waals surface area contributed by atoms with Gasteiger partial charge in [-0.1, -0.05) is 17.0 Å². The maximum absolute atomic E-state index is 14.3. The summed E-state index contributed by atoms with van der Waals surface area (Å²) in [4.78, 5) is 17.1. The number of aromatic nitrogens is 3. The molecule has 1 fully saturated rings. The number of nitrogens with one attached hydrogen (secondary N) is 2. The molecule has 0 saturated heterocycles. The molecule has 8 nitrogen and oxygen atoms in total. The molecule has 1 amide bonds. The topological polar surface area (TPSA) is 112 Å². The highest BCUT2D eigenvalue weighted by Crippen LogP contribution is 2.59. The Morgan fingerprint density at radius 2 is 2.14 bits per heavy atom. The second-order valence-electron chi connectivity index (χ2n) is 7.62. The van der Waals surface area contributed by atoms with E-state index < -0.39 is 27.1 Å². The largest absolute Gasteiger partial charge is 0.497 e. The Labute approximate surface area is 170 Å². The quantitative estimate of drug-likeness (QED) is 0.629. The van der Waals surface area contributed by atoms with Crippen molar-refractivity contribution >= 4 is 22.4 Å². The van der Waals surface area contributed by atoms with Crippen LogP contribution in [0.25, 0.3) is 11.4 Å². The molecule has 4 N–H and O–H groups in total. The Morgan fingerprint density at radius 1 is 1.41 bits per heavy atom. The van der Waals surface area contributed by atoms with Gasteiger partial charge in [0.1, 0.15) is 11.6 Å². The number of carbonyl (C=O) groups excluding carboxylic acids is 1. The number of H-pyrrole nitrogens is 1. The third-order valence-electron chi connectivity index (χ3n) is 5.49. The van der Waals surface area contributed by atoms with Gasteiger partial charge in [0.25, 0.3) is 5.91 Å². The van der Waals surface area contributed by atoms with E-state index in [-0.39, 0.29) is 17.3 Å². The van der Waals surface area contributed by atoms with Gasteiger partial charge in [-0.2, -0.15) is 4.98 Å². The fourth-order valence-electron chi connectivity index (χ4n) is 3.13. The number of benzene rings is 1. The summed E-state index contributed by atoms with van der Waals surface area (Å²) in [6.45, 7) is 3.42. The Hall–Kier alpha value is -2.17. The minimum atomic E-state index is -2.40. The third-order valence-corrected chi connectivity index (χ3v) is 8.84. The van der Waals surface area contributed by atoms with Crippen molar-refractivity contribution in [1.29, 1.82) is 0 Å². The van der Waals surface area contributed by atoms with Gasteiger partial charge in [0.15, 0.2) is 10.6 Å². The third kappa shape index (κ3) is 4.24. The zero-order chi connectivity index (χ0) is 21.2. The van der Waals surface area contributed by atoms with Gasteiger partial charge in [-0.3, -0.25) is 19.4 Å². The van der Waals surface area contributed by atoms with Crippen LogP contribution in [0.5, 0.6) is 5.75 Å². The number of aromatic amines is 1. The second-order valence-corrected chi connectivity index (χ2v) is 10.7. The average Bonchev–Trinajstić information content (AvgIpc) is 3.12. The lowest BCUT2D eigenvalue weighted by Gasteiger charge is -2.47. The predicted octanol–water partition coefficient (Wildman–Crippen LogP) is 3.14. The molecule has 3 rings (SSSR count). The van der Waals surface area contributed by atoms with Crippen molar-refractivity contribution in [2.75, 3.05) is 25.3 Å². The molecule has 1 aliphatic rings. The highest BCUT2D eigenvalue weighted by atomic mass is 32.3. The second kappa shape index (κ2) is 8.29. The minimum absolute atomic E-state index is 0.0230. The number of hydrogen-bond acceptors (Lipinski definition) is 5. The van der Waals surface area contributed by atoms with Crippen molar-refractivity contribution in [3.63, 3.8) is 0 Å². The van der Waals surface area contributed by atoms with E-state index in [4.69, 9.17) is 13.5 Å². The first-order chi connectivity index (χ1) is 13.7. The van der Waals surface area contributed by atoms with Gasteiger partial charge >= 0.3 is 0 Å². The molecule has 1 atom stereocenters. The monoisotopic (exact) mass is 427 g/mol. The van der Waals surface area contributed by atoms with Crippen molar-refractivity contribution in [3.8, 4) is 17.1 Å². The summed E-state index contributed by atoms with van der Waals surface area (Å²) in [5.74, 6) is 0.682. The van der Waals surface area contributed by atoms with Crippen LogP contribution < -0.4 is 10.1 Å². The molecular formula is C19H28FN4O4S+. The number of ether oxygens (including phenoxy) is 1. The van der Waals surface area contributed by atoms with E-state index in [0.717, 1.165) is 12.8 Å². The van der Waals surface area contributed by atoms with Crippen LogP contribution in [-0.4, -0.2) is 50.4 Å². The molecule has 1 heterocycles. The molecule has 0 bridgehead atoms. The van der Waals surface area contributed by atoms with E-state index in [0.29, 0.717) is 17.4 Å². The molecule has 29 heavy (non-hydrogen) atoms. The summed E-state index contributed by atoms with van der Waals surface area (Å²) in [7, 11) is 0.553. The number of rotatable bonds is 8. The summed E-state index contributed by atoms with van der Waals surface area (Å²) < 4.78 is 32.6. The molecule has 1 saturated carbocycles. The van der Waals surface area contributed by atoms with Gasteiger partial charge in [-0.05, 0) is 44.7 Å². The van der Waals surface area contributed by atoms with E-state index in [1.807, 2.05) is 0 Å². The van der Waals surface area contributed by atoms with E-state index in [2.05, 4.69) is 20.5 Å². The molecule has 1 aromatic heterocycles. The lowest BCUT2D eigenvalue weighted by atomic mass is 9.87. The molecule has 160 valence electrons. The normalized spacial score (nSPS) is 17.9. The zero-order valence-electron chi connectivity index (χ0n) is 17.0. The van der Waals surface area contributed by atoms with Crippen molar-refractivity contribution < 1.29 is 22.7 Å². The maximum atomic E-state index is 14.3. The van der Waals surface area contributed by atoms with Crippen LogP contribution in [0, 0.1) is 11.7 Å². The molecule has 0 aliphatic heterocycles. The molecule has 1 aliphatic carbocycles. The summed E-state index contributed by atoms with van der Waals surface area (Å²) >= 11 is 0. The number of nitrogens with zero attached hydrogens (tertiary/aromatic N) is 2. The van der Waals surface area contributed by atoms with Gasteiger partial charge in [0.05, 0.1) is 25.5 Å². The molecule has 2 aromatic rings. The summed E-state index contributed by atoms with van der Waals surface area (Å²) in [6, 6.07) is 4.38. The standard InChI is InChI=1S/C19H27FN4O4S/c1-19(2,29(26,28-4)11-12-6-5-7-12)17(25)22-18-21-16(23-24-18)14-9-8-13(27-3)10-15(14)20/h8-10,12,26H,5-7,11H2,1-4H3,(H2,21,22,23,24,25)/p+1. The Balaban J connectivity index is 1.75. The van der Waals surface area contributed by atoms with Crippen molar-refractivity contribution in [3.05, 3.63) is 24.0 Å². The van der Waals surface area contributed by atoms with E-state index in [1.54, 1.807) is 19.9 Å². The van der Waals surface area contributed by atoms with Crippen molar-refractivity contribution in [1.82, 2.24) is 15.2 Å². The van der Waals surface area contributed by atoms with E-state index in [9.17, 15) is 9.18 Å². The molecule has 0 spiro atoms. The van der Waals surface area contributed by atoms with Crippen molar-refractivity contribution in [2.45, 2.75) is 37.9 Å². The SMILES string of the molecule is COc1ccc(-c2nc(NC(=O)C(C)(C)S([OH2+])(CC3CCC3)OC)n[nH]2)c(F)c1. The molecule has 0 radical (unpaired) electrons. The van der Waals surface area contributed by atoms with Crippen LogP contribution in [-0.2, 0) is 8.98 Å². The molecule has 10 heteroatoms. The number of anilines is 1. The van der Waals surface area contributed by atoms with Crippen LogP contribution in [0.4, 0.5) is 10.3 Å². The van der Waals surface area contributed by atoms with Gasteiger partial charge in [-0.15, -0.1) is 5.10 Å². The van der Waals surface area contributed by atoms with Crippen LogP contribution in [0.3, 0.4) is 0 Å². The lowest BCUT2D eigenvalue weighted by molar-refractivity contribution is -0.118. The smallest absolute Gasteiger partial charge is 0.256 e. The average molecular weight is 428 g/mol. The van der Waals surface area contributed by atoms with Crippen LogP contribution in [0.1, 0.15) is 33.1 Å². The highest BCUT2D eigenvalue weighted by molar-refractivity contribution is 8.26. The zero-order valence-corrected chi connectivity index (χ0v) is 17.9. The number of amides is 1. The molecule has 1 unspecified atom stereocenters. The fraction of sp³-hybridized carbons (Fsp3) is 0.526. The maximum Gasteiger partial charge on any atom is 0.256 e. The number of methoxy groups -OCH3 is 1. The summed E-state index contributed by atoms with van der Waals surface area (Å²) in [5, 5.41) is 9.24. The Morgan fingerprint density at radius 3 is 2.69 bits per heavy atom. The van der Waals surface area contributed by atoms with Crippen LogP contribution >= 0.6 is 10.6 Å². The molecular weight excluding hydrogens is 399 g/mol. The Kier molecular flexibility index (Phi) is 6.16. The number of halogens is 1. The lowest BCUT2D eigenvalue weighted by Crippen LogP contribution is -2.45. The van der Waals surface area contributed by atoms with Gasteiger partial charge in [-0.25, -0.2) is 4.39 Å². The van der Waals surface area contributed by atoms with Crippen LogP contribution in [0.2, 0.25) is 0 Å². The number of hydrogen-bond donors (Lipinski definition) is 2. The first-order valence-electron chi connectivity index (χ1n) is 9.38. The number of carbonyl (C=O) groups is 1. The first-order valence-corrected chi connectivity index (χ1v) is 11.1. The highest BCUT2D eigenvalue weighted by Gasteiger charge is 2.48. The predicted molar refractivity (Wildman–Crippen MR) is 111 cm³/mol. The van der Waals surface area contributed by atoms with E-state index in [1.165, 1.54) is 32.8 Å². The first kappa shape index (κ1) is 21.5. The van der Waals surface area contributed by atoms with E-state index >= 15 is 0 Å².